The Morgan fingerprint density at radius 2 is 1.07 bits per heavy atom. The number of carbonyl (C=O) groups excluding carboxylic acids is 1. The van der Waals surface area contributed by atoms with Gasteiger partial charge in [0.2, 0.25) is 5.91 Å². The fourth-order valence-corrected chi connectivity index (χ4v) is 6.36. The van der Waals surface area contributed by atoms with Gasteiger partial charge in [-0.25, -0.2) is 4.57 Å². The molecular formula is C37H74NO6P. The van der Waals surface area contributed by atoms with Crippen LogP contribution in [0.5, 0.6) is 0 Å². The number of aliphatic hydroxyl groups excluding tert-OH is 1. The third kappa shape index (κ3) is 31.6. The number of amides is 1. The molecule has 0 radical (unpaired) electrons. The Morgan fingerprint density at radius 1 is 0.644 bits per heavy atom. The fraction of sp³-hybridized carbons (Fsp3) is 0.919. The zero-order valence-electron chi connectivity index (χ0n) is 29.8. The zero-order valence-corrected chi connectivity index (χ0v) is 30.7. The van der Waals surface area contributed by atoms with Gasteiger partial charge in [0.15, 0.2) is 0 Å². The molecule has 268 valence electrons. The molecule has 8 heteroatoms. The summed E-state index contributed by atoms with van der Waals surface area (Å²) in [6.07, 6.45) is 34.7. The molecule has 3 N–H and O–H groups in total. The summed E-state index contributed by atoms with van der Waals surface area (Å²) in [6.45, 7) is 6.15. The Morgan fingerprint density at radius 3 is 1.51 bits per heavy atom. The summed E-state index contributed by atoms with van der Waals surface area (Å²) in [7, 11) is -4.24. The highest BCUT2D eigenvalue weighted by molar-refractivity contribution is 7.47. The van der Waals surface area contributed by atoms with Crippen LogP contribution in [0.1, 0.15) is 194 Å². The molecule has 0 aromatic rings. The standard InChI is InChI=1S/C37H74NO6P/c1-4-7-9-11-13-15-17-19-21-23-25-27-29-31-36(39)35(34-44-45(41,42)43-33-6-3)38-37(40)32-30-28-26-24-22-20-18-16-14-12-10-8-5-2/h29,31,35-36,39H,4-28,30,32-34H2,1-3H3,(H,38,40)(H,41,42)/b31-29+/t35-,36?/m0/s1. The number of allylic oxidation sites excluding steroid dienone is 1. The lowest BCUT2D eigenvalue weighted by Gasteiger charge is -2.23. The Bertz CT molecular complexity index is 719. The summed E-state index contributed by atoms with van der Waals surface area (Å²) >= 11 is 0. The number of rotatable bonds is 35. The number of hydrogen-bond acceptors (Lipinski definition) is 5. The van der Waals surface area contributed by atoms with Crippen LogP contribution in [-0.2, 0) is 18.4 Å². The molecule has 0 saturated carbocycles. The lowest BCUT2D eigenvalue weighted by molar-refractivity contribution is -0.123. The predicted molar refractivity (Wildman–Crippen MR) is 190 cm³/mol. The summed E-state index contributed by atoms with van der Waals surface area (Å²) < 4.78 is 22.2. The van der Waals surface area contributed by atoms with Crippen molar-refractivity contribution in [2.24, 2.45) is 0 Å². The van der Waals surface area contributed by atoms with Crippen molar-refractivity contribution in [1.82, 2.24) is 5.32 Å². The molecule has 0 fully saturated rings. The highest BCUT2D eigenvalue weighted by Gasteiger charge is 2.26. The largest absolute Gasteiger partial charge is 0.472 e. The number of aliphatic hydroxyl groups is 1. The first-order valence-corrected chi connectivity index (χ1v) is 20.6. The number of hydrogen-bond donors (Lipinski definition) is 3. The van der Waals surface area contributed by atoms with Crippen LogP contribution in [0.3, 0.4) is 0 Å². The minimum Gasteiger partial charge on any atom is -0.387 e. The minimum absolute atomic E-state index is 0.102. The van der Waals surface area contributed by atoms with Gasteiger partial charge in [0, 0.05) is 6.42 Å². The highest BCUT2D eigenvalue weighted by atomic mass is 31.2. The molecule has 2 unspecified atom stereocenters. The van der Waals surface area contributed by atoms with Crippen molar-refractivity contribution in [3.63, 3.8) is 0 Å². The molecular weight excluding hydrogens is 585 g/mol. The second-order valence-corrected chi connectivity index (χ2v) is 14.5. The van der Waals surface area contributed by atoms with Crippen LogP contribution >= 0.6 is 7.82 Å². The third-order valence-electron chi connectivity index (χ3n) is 8.45. The first kappa shape index (κ1) is 44.3. The minimum atomic E-state index is -4.24. The predicted octanol–water partition coefficient (Wildman–Crippen LogP) is 11.1. The van der Waals surface area contributed by atoms with Crippen molar-refractivity contribution >= 4 is 13.7 Å². The summed E-state index contributed by atoms with van der Waals surface area (Å²) in [5.41, 5.74) is 0. The summed E-state index contributed by atoms with van der Waals surface area (Å²) in [6, 6.07) is -0.821. The van der Waals surface area contributed by atoms with Crippen molar-refractivity contribution < 1.29 is 28.4 Å². The number of carbonyl (C=O) groups is 1. The maximum Gasteiger partial charge on any atom is 0.472 e. The Kier molecular flexibility index (Phi) is 32.7. The molecule has 0 spiro atoms. The summed E-state index contributed by atoms with van der Waals surface area (Å²) in [4.78, 5) is 22.6. The molecule has 0 aliphatic heterocycles. The maximum absolute atomic E-state index is 12.7. The average molecular weight is 660 g/mol. The SMILES string of the molecule is CCCCCCCCCCCCC/C=C/C(O)[C@H](COP(=O)(O)OCCC)NC(=O)CCCCCCCCCCCCCCC. The summed E-state index contributed by atoms with van der Waals surface area (Å²) in [5, 5.41) is 13.6. The van der Waals surface area contributed by atoms with E-state index in [4.69, 9.17) is 9.05 Å². The Hall–Kier alpha value is -0.720. The molecule has 45 heavy (non-hydrogen) atoms. The number of unbranched alkanes of at least 4 members (excludes halogenated alkanes) is 23. The van der Waals surface area contributed by atoms with Crippen LogP contribution in [-0.4, -0.2) is 41.3 Å². The number of phosphoric ester groups is 1. The molecule has 0 aromatic carbocycles. The van der Waals surface area contributed by atoms with Gasteiger partial charge in [-0.05, 0) is 25.7 Å². The van der Waals surface area contributed by atoms with Crippen molar-refractivity contribution in [3.8, 4) is 0 Å². The number of phosphoric acid groups is 1. The molecule has 0 heterocycles. The molecule has 1 amide bonds. The lowest BCUT2D eigenvalue weighted by atomic mass is 10.0. The van der Waals surface area contributed by atoms with Gasteiger partial charge in [0.25, 0.3) is 0 Å². The average Bonchev–Trinajstić information content (AvgIpc) is 3.02. The van der Waals surface area contributed by atoms with E-state index in [0.717, 1.165) is 32.1 Å². The Balaban J connectivity index is 4.31. The van der Waals surface area contributed by atoms with Gasteiger partial charge >= 0.3 is 7.82 Å². The maximum atomic E-state index is 12.7. The molecule has 0 aromatic heterocycles. The molecule has 0 aliphatic carbocycles. The summed E-state index contributed by atoms with van der Waals surface area (Å²) in [5.74, 6) is -0.174. The van der Waals surface area contributed by atoms with E-state index in [9.17, 15) is 19.4 Å². The third-order valence-corrected chi connectivity index (χ3v) is 9.43. The lowest BCUT2D eigenvalue weighted by Crippen LogP contribution is -2.45. The fourth-order valence-electron chi connectivity index (χ4n) is 5.52. The van der Waals surface area contributed by atoms with Gasteiger partial charge in [-0.15, -0.1) is 0 Å². The molecule has 0 saturated heterocycles. The van der Waals surface area contributed by atoms with Crippen LogP contribution < -0.4 is 5.32 Å². The van der Waals surface area contributed by atoms with Crippen molar-refractivity contribution in [3.05, 3.63) is 12.2 Å². The van der Waals surface area contributed by atoms with Crippen molar-refractivity contribution in [2.75, 3.05) is 13.2 Å². The van der Waals surface area contributed by atoms with E-state index in [2.05, 4.69) is 19.2 Å². The second kappa shape index (κ2) is 33.2. The molecule has 3 atom stereocenters. The van der Waals surface area contributed by atoms with E-state index >= 15 is 0 Å². The first-order valence-electron chi connectivity index (χ1n) is 19.1. The van der Waals surface area contributed by atoms with Crippen LogP contribution in [0.4, 0.5) is 0 Å². The van der Waals surface area contributed by atoms with E-state index in [1.54, 1.807) is 6.08 Å². The van der Waals surface area contributed by atoms with E-state index in [1.807, 2.05) is 13.0 Å². The normalized spacial score (nSPS) is 14.5. The molecule has 0 aliphatic rings. The van der Waals surface area contributed by atoms with E-state index < -0.39 is 20.0 Å². The quantitative estimate of drug-likeness (QED) is 0.0355. The highest BCUT2D eigenvalue weighted by Crippen LogP contribution is 2.43. The van der Waals surface area contributed by atoms with Gasteiger partial charge in [0.1, 0.15) is 0 Å². The van der Waals surface area contributed by atoms with Gasteiger partial charge in [-0.3, -0.25) is 13.8 Å². The topological polar surface area (TPSA) is 105 Å². The monoisotopic (exact) mass is 660 g/mol. The van der Waals surface area contributed by atoms with E-state index in [1.165, 1.54) is 128 Å². The van der Waals surface area contributed by atoms with Gasteiger partial charge in [-0.1, -0.05) is 174 Å². The van der Waals surface area contributed by atoms with Crippen molar-refractivity contribution in [2.45, 2.75) is 206 Å². The van der Waals surface area contributed by atoms with Gasteiger partial charge in [-0.2, -0.15) is 0 Å². The van der Waals surface area contributed by atoms with E-state index in [0.29, 0.717) is 12.8 Å². The van der Waals surface area contributed by atoms with Gasteiger partial charge in [0.05, 0.1) is 25.4 Å². The zero-order chi connectivity index (χ0) is 33.3. The van der Waals surface area contributed by atoms with Crippen LogP contribution in [0, 0.1) is 0 Å². The molecule has 0 bridgehead atoms. The smallest absolute Gasteiger partial charge is 0.387 e. The van der Waals surface area contributed by atoms with Crippen LogP contribution in [0.2, 0.25) is 0 Å². The van der Waals surface area contributed by atoms with Gasteiger partial charge < -0.3 is 15.3 Å². The van der Waals surface area contributed by atoms with E-state index in [-0.39, 0.29) is 19.1 Å². The molecule has 0 rings (SSSR count). The number of nitrogens with one attached hydrogen (secondary N) is 1. The van der Waals surface area contributed by atoms with Crippen LogP contribution in [0.25, 0.3) is 0 Å². The van der Waals surface area contributed by atoms with Crippen LogP contribution in [0.15, 0.2) is 12.2 Å². The Labute approximate surface area is 278 Å². The molecule has 7 nitrogen and oxygen atoms in total. The first-order chi connectivity index (χ1) is 21.9. The van der Waals surface area contributed by atoms with Crippen molar-refractivity contribution in [1.29, 1.82) is 0 Å². The second-order valence-electron chi connectivity index (χ2n) is 13.0.